The van der Waals surface area contributed by atoms with Gasteiger partial charge in [0.2, 0.25) is 0 Å². The maximum atomic E-state index is 13.8. The molecule has 1 atom stereocenters. The zero-order chi connectivity index (χ0) is 14.0. The molecule has 100 valence electrons. The Kier molecular flexibility index (Phi) is 4.01. The molecule has 0 unspecified atom stereocenters. The van der Waals surface area contributed by atoms with Crippen molar-refractivity contribution in [1.82, 2.24) is 9.97 Å². The molecule has 1 heterocycles. The Bertz CT molecular complexity index is 655. The molecule has 1 aromatic heterocycles. The molecule has 2 rings (SSSR count). The van der Waals surface area contributed by atoms with Crippen molar-refractivity contribution in [2.24, 2.45) is 0 Å². The van der Waals surface area contributed by atoms with Gasteiger partial charge in [0.15, 0.2) is 5.16 Å². The maximum absolute atomic E-state index is 13.8. The van der Waals surface area contributed by atoms with E-state index >= 15 is 0 Å². The van der Waals surface area contributed by atoms with E-state index in [0.29, 0.717) is 16.4 Å². The number of H-pyrrole nitrogens is 1. The minimum absolute atomic E-state index is 0.270. The number of hydrogen-bond donors (Lipinski definition) is 2. The van der Waals surface area contributed by atoms with E-state index in [4.69, 9.17) is 0 Å². The van der Waals surface area contributed by atoms with E-state index in [1.807, 2.05) is 0 Å². The third kappa shape index (κ3) is 3.21. The van der Waals surface area contributed by atoms with E-state index in [2.05, 4.69) is 9.97 Å². The minimum atomic E-state index is -0.797. The molecule has 0 saturated carbocycles. The number of rotatable bonds is 3. The van der Waals surface area contributed by atoms with Crippen molar-refractivity contribution >= 4 is 11.8 Å². The van der Waals surface area contributed by atoms with Crippen LogP contribution in [0.15, 0.2) is 39.1 Å². The molecule has 0 aliphatic rings. The highest BCUT2D eigenvalue weighted by Gasteiger charge is 2.15. The molecule has 19 heavy (non-hydrogen) atoms. The number of aryl methyl sites for hydroxylation is 1. The molecule has 0 radical (unpaired) electrons. The summed E-state index contributed by atoms with van der Waals surface area (Å²) in [6, 6.07) is 5.85. The van der Waals surface area contributed by atoms with E-state index in [1.165, 1.54) is 18.2 Å². The second kappa shape index (κ2) is 5.54. The molecular formula is C13H13FN2O2S. The average molecular weight is 280 g/mol. The summed E-state index contributed by atoms with van der Waals surface area (Å²) in [5, 5.41) is 9.95. The molecule has 0 saturated heterocycles. The number of benzene rings is 1. The van der Waals surface area contributed by atoms with Crippen LogP contribution in [0.25, 0.3) is 0 Å². The second-order valence-corrected chi connectivity index (χ2v) is 5.13. The molecule has 2 N–H and O–H groups in total. The number of aromatic amines is 1. The fraction of sp³-hybridized carbons (Fsp3) is 0.231. The van der Waals surface area contributed by atoms with Crippen molar-refractivity contribution < 1.29 is 9.50 Å². The molecule has 2 aromatic rings. The van der Waals surface area contributed by atoms with Gasteiger partial charge in [0.05, 0.1) is 11.0 Å². The molecule has 6 heteroatoms. The van der Waals surface area contributed by atoms with Crippen molar-refractivity contribution in [3.63, 3.8) is 0 Å². The number of nitrogens with zero attached hydrogens (tertiary/aromatic N) is 1. The van der Waals surface area contributed by atoms with E-state index in [9.17, 15) is 14.3 Å². The first-order chi connectivity index (χ1) is 8.97. The highest BCUT2D eigenvalue weighted by molar-refractivity contribution is 7.99. The monoisotopic (exact) mass is 280 g/mol. The Morgan fingerprint density at radius 2 is 2.21 bits per heavy atom. The summed E-state index contributed by atoms with van der Waals surface area (Å²) < 4.78 is 13.8. The van der Waals surface area contributed by atoms with Crippen LogP contribution in [0.5, 0.6) is 0 Å². The quantitative estimate of drug-likeness (QED) is 0.847. The summed E-state index contributed by atoms with van der Waals surface area (Å²) in [6.45, 7) is 3.25. The second-order valence-electron chi connectivity index (χ2n) is 4.13. The fourth-order valence-corrected chi connectivity index (χ4v) is 2.72. The molecule has 1 aromatic carbocycles. The summed E-state index contributed by atoms with van der Waals surface area (Å²) in [7, 11) is 0. The normalized spacial score (nSPS) is 12.4. The Morgan fingerprint density at radius 3 is 2.84 bits per heavy atom. The lowest BCUT2D eigenvalue weighted by molar-refractivity contribution is 0.195. The van der Waals surface area contributed by atoms with Gasteiger partial charge in [-0.15, -0.1) is 0 Å². The van der Waals surface area contributed by atoms with Crippen LogP contribution in [0, 0.1) is 12.7 Å². The Labute approximate surface area is 113 Å². The van der Waals surface area contributed by atoms with Crippen LogP contribution in [0.3, 0.4) is 0 Å². The van der Waals surface area contributed by atoms with Gasteiger partial charge < -0.3 is 10.1 Å². The van der Waals surface area contributed by atoms with Crippen LogP contribution < -0.4 is 5.56 Å². The Morgan fingerprint density at radius 1 is 1.47 bits per heavy atom. The van der Waals surface area contributed by atoms with Crippen molar-refractivity contribution in [3.8, 4) is 0 Å². The predicted molar refractivity (Wildman–Crippen MR) is 70.8 cm³/mol. The van der Waals surface area contributed by atoms with Crippen molar-refractivity contribution in [2.75, 3.05) is 0 Å². The number of aromatic nitrogens is 2. The topological polar surface area (TPSA) is 66.0 Å². The lowest BCUT2D eigenvalue weighted by Gasteiger charge is -2.11. The maximum Gasteiger partial charge on any atom is 0.251 e. The van der Waals surface area contributed by atoms with E-state index in [0.717, 1.165) is 11.8 Å². The molecule has 0 spiro atoms. The average Bonchev–Trinajstić information content (AvgIpc) is 2.30. The number of halogens is 1. The summed E-state index contributed by atoms with van der Waals surface area (Å²) in [5.41, 5.74) is 0.736. The molecule has 4 nitrogen and oxygen atoms in total. The van der Waals surface area contributed by atoms with Crippen LogP contribution in [0.1, 0.15) is 24.3 Å². The molecule has 0 aliphatic carbocycles. The Hall–Kier alpha value is -1.66. The largest absolute Gasteiger partial charge is 0.389 e. The van der Waals surface area contributed by atoms with Crippen LogP contribution in [0.2, 0.25) is 0 Å². The molecular weight excluding hydrogens is 267 g/mol. The van der Waals surface area contributed by atoms with Gasteiger partial charge >= 0.3 is 0 Å². The van der Waals surface area contributed by atoms with E-state index in [-0.39, 0.29) is 10.5 Å². The Balaban J connectivity index is 2.45. The van der Waals surface area contributed by atoms with E-state index in [1.54, 1.807) is 19.9 Å². The summed E-state index contributed by atoms with van der Waals surface area (Å²) in [6.07, 6.45) is -0.797. The van der Waals surface area contributed by atoms with Crippen LogP contribution in [-0.2, 0) is 0 Å². The number of nitrogens with one attached hydrogen (secondary N) is 1. The van der Waals surface area contributed by atoms with Gasteiger partial charge in [0, 0.05) is 11.8 Å². The van der Waals surface area contributed by atoms with Gasteiger partial charge in [0.1, 0.15) is 5.82 Å². The third-order valence-corrected chi connectivity index (χ3v) is 3.52. The van der Waals surface area contributed by atoms with E-state index < -0.39 is 11.9 Å². The zero-order valence-corrected chi connectivity index (χ0v) is 11.3. The standard InChI is InChI=1S/C13H13FN2O2S/c1-7-6-11(18)16-13(15-7)19-12-9(8(2)17)4-3-5-10(12)14/h3-6,8,17H,1-2H3,(H,15,16,18)/t8-/m1/s1. The highest BCUT2D eigenvalue weighted by atomic mass is 32.2. The zero-order valence-electron chi connectivity index (χ0n) is 10.5. The first-order valence-corrected chi connectivity index (χ1v) is 6.51. The summed E-state index contributed by atoms with van der Waals surface area (Å²) in [5.74, 6) is -0.451. The number of hydrogen-bond acceptors (Lipinski definition) is 4. The van der Waals surface area contributed by atoms with Gasteiger partial charge in [0.25, 0.3) is 5.56 Å². The van der Waals surface area contributed by atoms with Crippen LogP contribution in [-0.4, -0.2) is 15.1 Å². The van der Waals surface area contributed by atoms with Gasteiger partial charge in [-0.1, -0.05) is 12.1 Å². The van der Waals surface area contributed by atoms with Gasteiger partial charge in [-0.05, 0) is 37.2 Å². The SMILES string of the molecule is Cc1cc(=O)[nH]c(Sc2c(F)cccc2[C@@H](C)O)n1. The van der Waals surface area contributed by atoms with Crippen LogP contribution >= 0.6 is 11.8 Å². The van der Waals surface area contributed by atoms with Crippen molar-refractivity contribution in [1.29, 1.82) is 0 Å². The highest BCUT2D eigenvalue weighted by Crippen LogP contribution is 2.33. The lowest BCUT2D eigenvalue weighted by Crippen LogP contribution is -2.08. The van der Waals surface area contributed by atoms with Crippen molar-refractivity contribution in [3.05, 3.63) is 51.7 Å². The lowest BCUT2D eigenvalue weighted by atomic mass is 10.1. The van der Waals surface area contributed by atoms with Gasteiger partial charge in [-0.2, -0.15) is 0 Å². The summed E-state index contributed by atoms with van der Waals surface area (Å²) >= 11 is 0.996. The van der Waals surface area contributed by atoms with Gasteiger partial charge in [-0.25, -0.2) is 9.37 Å². The van der Waals surface area contributed by atoms with Crippen molar-refractivity contribution in [2.45, 2.75) is 30.0 Å². The smallest absolute Gasteiger partial charge is 0.251 e. The first-order valence-electron chi connectivity index (χ1n) is 5.69. The third-order valence-electron chi connectivity index (χ3n) is 2.49. The first kappa shape index (κ1) is 13.8. The number of aliphatic hydroxyl groups excluding tert-OH is 1. The predicted octanol–water partition coefficient (Wildman–Crippen LogP) is 2.42. The molecule has 0 amide bonds. The summed E-state index contributed by atoms with van der Waals surface area (Å²) in [4.78, 5) is 18.3. The fourth-order valence-electron chi connectivity index (χ4n) is 1.66. The molecule has 0 bridgehead atoms. The van der Waals surface area contributed by atoms with Gasteiger partial charge in [-0.3, -0.25) is 4.79 Å². The molecule has 0 fully saturated rings. The minimum Gasteiger partial charge on any atom is -0.389 e. The number of aliphatic hydroxyl groups is 1. The molecule has 0 aliphatic heterocycles. The van der Waals surface area contributed by atoms with Crippen LogP contribution in [0.4, 0.5) is 4.39 Å².